The fraction of sp³-hybridized carbons (Fsp3) is 0.471. The number of Topliss-reactive ketones (excluding diaryl/α,β-unsaturated/α-hetero) is 2. The number of nitrogens with zero attached hydrogens (tertiary/aromatic N) is 1. The van der Waals surface area contributed by atoms with Crippen LogP contribution in [0.3, 0.4) is 0 Å². The molecule has 0 aliphatic carbocycles. The second-order valence-electron chi connectivity index (χ2n) is 6.68. The molecule has 0 aromatic heterocycles. The molecule has 1 rings (SSSR count). The summed E-state index contributed by atoms with van der Waals surface area (Å²) < 4.78 is 0. The molecule has 0 N–H and O–H groups in total. The Bertz CT molecular complexity index is 536. The number of likely N-dealkylation sites (N-methyl/N-ethyl adjacent to an activating group) is 1. The molecular formula is C17H23NO3. The van der Waals surface area contributed by atoms with Crippen molar-refractivity contribution in [1.82, 2.24) is 4.90 Å². The van der Waals surface area contributed by atoms with Gasteiger partial charge in [-0.1, -0.05) is 45.0 Å². The van der Waals surface area contributed by atoms with E-state index in [1.807, 2.05) is 20.8 Å². The number of benzene rings is 1. The van der Waals surface area contributed by atoms with Crippen LogP contribution in [0.15, 0.2) is 24.3 Å². The molecule has 1 aromatic carbocycles. The molecule has 0 atom stereocenters. The van der Waals surface area contributed by atoms with Gasteiger partial charge >= 0.3 is 0 Å². The van der Waals surface area contributed by atoms with Crippen LogP contribution in [0.2, 0.25) is 0 Å². The molecule has 114 valence electrons. The van der Waals surface area contributed by atoms with Gasteiger partial charge in [-0.15, -0.1) is 0 Å². The molecule has 0 saturated heterocycles. The summed E-state index contributed by atoms with van der Waals surface area (Å²) in [6.07, 6.45) is 0.875. The summed E-state index contributed by atoms with van der Waals surface area (Å²) >= 11 is 0. The number of carbonyl (C=O) groups is 3. The van der Waals surface area contributed by atoms with Crippen molar-refractivity contribution in [3.05, 3.63) is 35.4 Å². The van der Waals surface area contributed by atoms with Crippen molar-refractivity contribution in [3.8, 4) is 0 Å². The van der Waals surface area contributed by atoms with Crippen LogP contribution >= 0.6 is 0 Å². The maximum Gasteiger partial charge on any atom is 0.294 e. The van der Waals surface area contributed by atoms with E-state index in [2.05, 4.69) is 0 Å². The van der Waals surface area contributed by atoms with E-state index in [0.29, 0.717) is 18.4 Å². The molecule has 1 amide bonds. The minimum atomic E-state index is -0.549. The second kappa shape index (κ2) is 6.66. The third-order valence-corrected chi connectivity index (χ3v) is 2.95. The summed E-state index contributed by atoms with van der Waals surface area (Å²) in [7, 11) is 3.08. The molecule has 0 heterocycles. The highest BCUT2D eigenvalue weighted by Gasteiger charge is 2.19. The van der Waals surface area contributed by atoms with Crippen molar-refractivity contribution in [2.75, 3.05) is 14.1 Å². The fourth-order valence-corrected chi connectivity index (χ4v) is 1.98. The molecular weight excluding hydrogens is 266 g/mol. The van der Waals surface area contributed by atoms with Gasteiger partial charge in [0, 0.05) is 32.5 Å². The average molecular weight is 289 g/mol. The highest BCUT2D eigenvalue weighted by atomic mass is 16.2. The maximum atomic E-state index is 11.9. The third-order valence-electron chi connectivity index (χ3n) is 2.95. The van der Waals surface area contributed by atoms with Gasteiger partial charge in [0.25, 0.3) is 5.91 Å². The van der Waals surface area contributed by atoms with Gasteiger partial charge in [-0.2, -0.15) is 0 Å². The van der Waals surface area contributed by atoms with E-state index >= 15 is 0 Å². The van der Waals surface area contributed by atoms with Crippen molar-refractivity contribution in [3.63, 3.8) is 0 Å². The molecule has 4 heteroatoms. The lowest BCUT2D eigenvalue weighted by Crippen LogP contribution is -2.29. The molecule has 0 aliphatic rings. The second-order valence-corrected chi connectivity index (χ2v) is 6.68. The first-order valence-corrected chi connectivity index (χ1v) is 6.97. The zero-order valence-electron chi connectivity index (χ0n) is 13.4. The summed E-state index contributed by atoms with van der Waals surface area (Å²) in [5.41, 5.74) is 1.18. The van der Waals surface area contributed by atoms with Crippen molar-refractivity contribution in [2.24, 2.45) is 5.41 Å². The zero-order chi connectivity index (χ0) is 16.2. The van der Waals surface area contributed by atoms with Gasteiger partial charge in [-0.25, -0.2) is 0 Å². The maximum absolute atomic E-state index is 11.9. The predicted molar refractivity (Wildman–Crippen MR) is 82.2 cm³/mol. The van der Waals surface area contributed by atoms with Crippen molar-refractivity contribution in [1.29, 1.82) is 0 Å². The average Bonchev–Trinajstić information content (AvgIpc) is 2.35. The van der Waals surface area contributed by atoms with E-state index in [1.165, 1.54) is 4.90 Å². The Morgan fingerprint density at radius 2 is 1.52 bits per heavy atom. The molecule has 0 radical (unpaired) electrons. The van der Waals surface area contributed by atoms with Gasteiger partial charge in [0.1, 0.15) is 5.78 Å². The van der Waals surface area contributed by atoms with E-state index in [-0.39, 0.29) is 11.2 Å². The Morgan fingerprint density at radius 1 is 1.00 bits per heavy atom. The van der Waals surface area contributed by atoms with Gasteiger partial charge in [0.15, 0.2) is 0 Å². The highest BCUT2D eigenvalue weighted by Crippen LogP contribution is 2.20. The molecule has 4 nitrogen and oxygen atoms in total. The summed E-state index contributed by atoms with van der Waals surface area (Å²) in [6.45, 7) is 6.08. The number of amides is 1. The van der Waals surface area contributed by atoms with Crippen LogP contribution in [-0.4, -0.2) is 36.5 Å². The Labute approximate surface area is 126 Å². The van der Waals surface area contributed by atoms with Crippen molar-refractivity contribution in [2.45, 2.75) is 33.6 Å². The molecule has 0 spiro atoms. The SMILES string of the molecule is CN(C)C(=O)C(=O)c1ccc(CC(=O)CC(C)(C)C)cc1. The summed E-state index contributed by atoms with van der Waals surface area (Å²) in [4.78, 5) is 36.6. The van der Waals surface area contributed by atoms with E-state index < -0.39 is 11.7 Å². The van der Waals surface area contributed by atoms with E-state index in [1.54, 1.807) is 38.4 Å². The van der Waals surface area contributed by atoms with Gasteiger partial charge in [0.2, 0.25) is 5.78 Å². The lowest BCUT2D eigenvalue weighted by atomic mass is 9.88. The van der Waals surface area contributed by atoms with E-state index in [4.69, 9.17) is 0 Å². The van der Waals surface area contributed by atoms with E-state index in [0.717, 1.165) is 5.56 Å². The van der Waals surface area contributed by atoms with Crippen LogP contribution in [0.4, 0.5) is 0 Å². The Kier molecular flexibility index (Phi) is 5.41. The zero-order valence-corrected chi connectivity index (χ0v) is 13.4. The molecule has 0 bridgehead atoms. The summed E-state index contributed by atoms with van der Waals surface area (Å²) in [5, 5.41) is 0. The summed E-state index contributed by atoms with van der Waals surface area (Å²) in [6, 6.07) is 6.67. The monoisotopic (exact) mass is 289 g/mol. The van der Waals surface area contributed by atoms with Gasteiger partial charge < -0.3 is 4.90 Å². The molecule has 0 saturated carbocycles. The minimum Gasteiger partial charge on any atom is -0.342 e. The van der Waals surface area contributed by atoms with Gasteiger partial charge in [0.05, 0.1) is 0 Å². The van der Waals surface area contributed by atoms with Crippen LogP contribution in [0.5, 0.6) is 0 Å². The predicted octanol–water partition coefficient (Wildman–Crippen LogP) is 2.51. The largest absolute Gasteiger partial charge is 0.342 e. The fourth-order valence-electron chi connectivity index (χ4n) is 1.98. The van der Waals surface area contributed by atoms with Crippen molar-refractivity contribution >= 4 is 17.5 Å². The quantitative estimate of drug-likeness (QED) is 0.618. The lowest BCUT2D eigenvalue weighted by molar-refractivity contribution is -0.124. The van der Waals surface area contributed by atoms with Crippen LogP contribution in [0, 0.1) is 5.41 Å². The third kappa shape index (κ3) is 5.50. The topological polar surface area (TPSA) is 54.5 Å². The normalized spacial score (nSPS) is 11.1. The number of hydrogen-bond donors (Lipinski definition) is 0. The first kappa shape index (κ1) is 17.1. The first-order chi connectivity index (χ1) is 9.60. The smallest absolute Gasteiger partial charge is 0.294 e. The van der Waals surface area contributed by atoms with E-state index in [9.17, 15) is 14.4 Å². The Hall–Kier alpha value is -1.97. The molecule has 0 unspecified atom stereocenters. The van der Waals surface area contributed by atoms with Crippen LogP contribution < -0.4 is 0 Å². The number of hydrogen-bond acceptors (Lipinski definition) is 3. The standard InChI is InChI=1S/C17H23NO3/c1-17(2,3)11-14(19)10-12-6-8-13(9-7-12)15(20)16(21)18(4)5/h6-9H,10-11H2,1-5H3. The Morgan fingerprint density at radius 3 is 1.95 bits per heavy atom. The highest BCUT2D eigenvalue weighted by molar-refractivity contribution is 6.42. The number of ketones is 2. The number of carbonyl (C=O) groups excluding carboxylic acids is 3. The van der Waals surface area contributed by atoms with Crippen LogP contribution in [-0.2, 0) is 16.0 Å². The molecule has 0 fully saturated rings. The van der Waals surface area contributed by atoms with Crippen LogP contribution in [0.25, 0.3) is 0 Å². The molecule has 21 heavy (non-hydrogen) atoms. The summed E-state index contributed by atoms with van der Waals surface area (Å²) in [5.74, 6) is -0.912. The van der Waals surface area contributed by atoms with Gasteiger partial charge in [-0.3, -0.25) is 14.4 Å². The lowest BCUT2D eigenvalue weighted by Gasteiger charge is -2.16. The van der Waals surface area contributed by atoms with Gasteiger partial charge in [-0.05, 0) is 11.0 Å². The Balaban J connectivity index is 2.73. The first-order valence-electron chi connectivity index (χ1n) is 6.97. The minimum absolute atomic E-state index is 0.0227. The molecule has 0 aliphatic heterocycles. The molecule has 1 aromatic rings. The number of rotatable bonds is 5. The van der Waals surface area contributed by atoms with Crippen LogP contribution in [0.1, 0.15) is 43.1 Å². The van der Waals surface area contributed by atoms with Crippen molar-refractivity contribution < 1.29 is 14.4 Å².